The number of amides is 1. The van der Waals surface area contributed by atoms with E-state index in [1.165, 1.54) is 30.2 Å². The summed E-state index contributed by atoms with van der Waals surface area (Å²) in [6.07, 6.45) is 0.451. The molecule has 2 aliphatic heterocycles. The Hall–Kier alpha value is -1.08. The molecule has 2 heterocycles. The number of morpholine rings is 1. The van der Waals surface area contributed by atoms with Gasteiger partial charge in [0.1, 0.15) is 0 Å². The number of carbonyl (C=O) groups is 1. The fraction of sp³-hybridized carbons (Fsp3) is 0.611. The van der Waals surface area contributed by atoms with Crippen molar-refractivity contribution in [2.45, 2.75) is 25.9 Å². The number of hydrogen-bond donors (Lipinski definition) is 2. The molecular weight excluding hydrogens is 322 g/mol. The minimum absolute atomic E-state index is 0.0434. The standard InChI is InChI=1S/C18H27N3O2S/c1-14-10-15(12-21-5-8-24-9-6-21)2-3-17(14)20-18(22)11-16-13-23-7-4-19-16/h2-3,10,16,19H,4-9,11-13H2,1H3,(H,20,22). The third-order valence-electron chi connectivity index (χ3n) is 4.51. The molecule has 0 spiro atoms. The maximum atomic E-state index is 12.2. The quantitative estimate of drug-likeness (QED) is 0.850. The van der Waals surface area contributed by atoms with Gasteiger partial charge in [-0.1, -0.05) is 12.1 Å². The minimum atomic E-state index is 0.0434. The van der Waals surface area contributed by atoms with Gasteiger partial charge >= 0.3 is 0 Å². The van der Waals surface area contributed by atoms with Gasteiger partial charge in [0.2, 0.25) is 5.91 Å². The molecule has 0 saturated carbocycles. The summed E-state index contributed by atoms with van der Waals surface area (Å²) in [6, 6.07) is 6.48. The second-order valence-electron chi connectivity index (χ2n) is 6.52. The Bertz CT molecular complexity index is 555. The van der Waals surface area contributed by atoms with Crippen LogP contribution in [-0.4, -0.2) is 61.2 Å². The highest BCUT2D eigenvalue weighted by Gasteiger charge is 2.17. The van der Waals surface area contributed by atoms with Gasteiger partial charge in [0.15, 0.2) is 0 Å². The van der Waals surface area contributed by atoms with Gasteiger partial charge in [-0.2, -0.15) is 11.8 Å². The number of ether oxygens (including phenoxy) is 1. The van der Waals surface area contributed by atoms with Gasteiger partial charge in [0.05, 0.1) is 13.2 Å². The van der Waals surface area contributed by atoms with Crippen molar-refractivity contribution in [2.24, 2.45) is 0 Å². The molecule has 0 aromatic heterocycles. The van der Waals surface area contributed by atoms with Crippen molar-refractivity contribution in [3.63, 3.8) is 0 Å². The largest absolute Gasteiger partial charge is 0.378 e. The Morgan fingerprint density at radius 2 is 2.25 bits per heavy atom. The van der Waals surface area contributed by atoms with Crippen LogP contribution in [0.3, 0.4) is 0 Å². The van der Waals surface area contributed by atoms with E-state index in [1.54, 1.807) is 0 Å². The number of aryl methyl sites for hydroxylation is 1. The Kier molecular flexibility index (Phi) is 6.54. The van der Waals surface area contributed by atoms with Crippen LogP contribution in [-0.2, 0) is 16.1 Å². The Balaban J connectivity index is 1.52. The molecule has 1 unspecified atom stereocenters. The third kappa shape index (κ3) is 5.21. The van der Waals surface area contributed by atoms with Gasteiger partial charge in [-0.05, 0) is 24.1 Å². The van der Waals surface area contributed by atoms with Gasteiger partial charge in [-0.15, -0.1) is 0 Å². The average molecular weight is 350 g/mol. The zero-order chi connectivity index (χ0) is 16.8. The molecule has 6 heteroatoms. The average Bonchev–Trinajstić information content (AvgIpc) is 2.59. The Morgan fingerprint density at radius 3 is 2.96 bits per heavy atom. The molecule has 2 saturated heterocycles. The number of benzene rings is 1. The zero-order valence-corrected chi connectivity index (χ0v) is 15.2. The SMILES string of the molecule is Cc1cc(CN2CCSCC2)ccc1NC(=O)CC1COCCN1. The Labute approximate surface area is 148 Å². The molecule has 1 aromatic carbocycles. The van der Waals surface area contributed by atoms with E-state index in [-0.39, 0.29) is 11.9 Å². The van der Waals surface area contributed by atoms with Crippen LogP contribution in [0, 0.1) is 6.92 Å². The van der Waals surface area contributed by atoms with Crippen molar-refractivity contribution in [3.05, 3.63) is 29.3 Å². The van der Waals surface area contributed by atoms with Gasteiger partial charge in [0, 0.05) is 55.8 Å². The normalized spacial score (nSPS) is 22.3. The minimum Gasteiger partial charge on any atom is -0.378 e. The van der Waals surface area contributed by atoms with E-state index < -0.39 is 0 Å². The summed E-state index contributed by atoms with van der Waals surface area (Å²) in [7, 11) is 0. The summed E-state index contributed by atoms with van der Waals surface area (Å²) >= 11 is 2.03. The number of nitrogens with one attached hydrogen (secondary N) is 2. The van der Waals surface area contributed by atoms with Crippen molar-refractivity contribution in [3.8, 4) is 0 Å². The molecular formula is C18H27N3O2S. The number of thioether (sulfide) groups is 1. The number of anilines is 1. The van der Waals surface area contributed by atoms with Crippen LogP contribution >= 0.6 is 11.8 Å². The molecule has 1 atom stereocenters. The van der Waals surface area contributed by atoms with Crippen LogP contribution in [0.4, 0.5) is 5.69 Å². The first-order valence-electron chi connectivity index (χ1n) is 8.71. The van der Waals surface area contributed by atoms with Crippen LogP contribution < -0.4 is 10.6 Å². The molecule has 2 N–H and O–H groups in total. The van der Waals surface area contributed by atoms with E-state index in [2.05, 4.69) is 34.6 Å². The van der Waals surface area contributed by atoms with E-state index in [9.17, 15) is 4.79 Å². The summed E-state index contributed by atoms with van der Waals surface area (Å²) in [5.74, 6) is 2.50. The Morgan fingerprint density at radius 1 is 1.42 bits per heavy atom. The lowest BCUT2D eigenvalue weighted by molar-refractivity contribution is -0.117. The number of hydrogen-bond acceptors (Lipinski definition) is 5. The van der Waals surface area contributed by atoms with Crippen molar-refractivity contribution < 1.29 is 9.53 Å². The molecule has 0 bridgehead atoms. The molecule has 2 aliphatic rings. The molecule has 3 rings (SSSR count). The lowest BCUT2D eigenvalue weighted by Gasteiger charge is -2.26. The molecule has 0 aliphatic carbocycles. The zero-order valence-electron chi connectivity index (χ0n) is 14.3. The summed E-state index contributed by atoms with van der Waals surface area (Å²) < 4.78 is 5.40. The van der Waals surface area contributed by atoms with E-state index in [0.29, 0.717) is 13.0 Å². The highest BCUT2D eigenvalue weighted by atomic mass is 32.2. The predicted molar refractivity (Wildman–Crippen MR) is 99.6 cm³/mol. The van der Waals surface area contributed by atoms with Crippen molar-refractivity contribution in [1.82, 2.24) is 10.2 Å². The van der Waals surface area contributed by atoms with Gasteiger partial charge in [-0.3, -0.25) is 9.69 Å². The number of carbonyl (C=O) groups excluding carboxylic acids is 1. The molecule has 2 fully saturated rings. The van der Waals surface area contributed by atoms with Crippen LogP contribution in [0.2, 0.25) is 0 Å². The first-order valence-corrected chi connectivity index (χ1v) is 9.87. The lowest BCUT2D eigenvalue weighted by atomic mass is 10.1. The summed E-state index contributed by atoms with van der Waals surface area (Å²) in [5.41, 5.74) is 3.36. The summed E-state index contributed by atoms with van der Waals surface area (Å²) in [5, 5.41) is 6.35. The highest BCUT2D eigenvalue weighted by Crippen LogP contribution is 2.19. The molecule has 132 valence electrons. The van der Waals surface area contributed by atoms with Gasteiger partial charge < -0.3 is 15.4 Å². The van der Waals surface area contributed by atoms with Crippen molar-refractivity contribution in [2.75, 3.05) is 49.7 Å². The first-order chi connectivity index (χ1) is 11.7. The van der Waals surface area contributed by atoms with Crippen LogP contribution in [0.15, 0.2) is 18.2 Å². The fourth-order valence-corrected chi connectivity index (χ4v) is 4.14. The van der Waals surface area contributed by atoms with E-state index in [0.717, 1.165) is 30.9 Å². The van der Waals surface area contributed by atoms with Gasteiger partial charge in [-0.25, -0.2) is 0 Å². The maximum Gasteiger partial charge on any atom is 0.226 e. The summed E-state index contributed by atoms with van der Waals surface area (Å²) in [4.78, 5) is 14.7. The van der Waals surface area contributed by atoms with Crippen molar-refractivity contribution >= 4 is 23.4 Å². The topological polar surface area (TPSA) is 53.6 Å². The molecule has 1 amide bonds. The predicted octanol–water partition coefficient (Wildman–Crippen LogP) is 1.86. The lowest BCUT2D eigenvalue weighted by Crippen LogP contribution is -2.43. The molecule has 1 aromatic rings. The number of rotatable bonds is 5. The first kappa shape index (κ1) is 17.7. The van der Waals surface area contributed by atoms with Crippen LogP contribution in [0.1, 0.15) is 17.5 Å². The second-order valence-corrected chi connectivity index (χ2v) is 7.74. The number of nitrogens with zero attached hydrogens (tertiary/aromatic N) is 1. The monoisotopic (exact) mass is 349 g/mol. The van der Waals surface area contributed by atoms with Gasteiger partial charge in [0.25, 0.3) is 0 Å². The second kappa shape index (κ2) is 8.85. The molecule has 24 heavy (non-hydrogen) atoms. The van der Waals surface area contributed by atoms with Crippen LogP contribution in [0.25, 0.3) is 0 Å². The molecule has 5 nitrogen and oxygen atoms in total. The van der Waals surface area contributed by atoms with E-state index in [1.807, 2.05) is 17.8 Å². The van der Waals surface area contributed by atoms with Crippen molar-refractivity contribution in [1.29, 1.82) is 0 Å². The van der Waals surface area contributed by atoms with Crippen LogP contribution in [0.5, 0.6) is 0 Å². The fourth-order valence-electron chi connectivity index (χ4n) is 3.16. The highest BCUT2D eigenvalue weighted by molar-refractivity contribution is 7.99. The smallest absolute Gasteiger partial charge is 0.226 e. The maximum absolute atomic E-state index is 12.2. The summed E-state index contributed by atoms with van der Waals surface area (Å²) in [6.45, 7) is 7.55. The molecule has 0 radical (unpaired) electrons. The van der Waals surface area contributed by atoms with E-state index >= 15 is 0 Å². The third-order valence-corrected chi connectivity index (χ3v) is 5.45. The van der Waals surface area contributed by atoms with E-state index in [4.69, 9.17) is 4.74 Å².